The molecular formula is C32H39N5O10S. The maximum Gasteiger partial charge on any atom is 0.315 e. The molecule has 48 heavy (non-hydrogen) atoms. The second-order valence-corrected chi connectivity index (χ2v) is 15.0. The summed E-state index contributed by atoms with van der Waals surface area (Å²) in [6, 6.07) is 1.47. The first-order valence-electron chi connectivity index (χ1n) is 16.0. The minimum absolute atomic E-state index is 0.0600. The molecule has 0 radical (unpaired) electrons. The number of benzene rings is 1. The van der Waals surface area contributed by atoms with Crippen molar-refractivity contribution in [1.29, 1.82) is 0 Å². The number of ketones is 4. The third-order valence-electron chi connectivity index (χ3n) is 10.8. The average Bonchev–Trinajstić information content (AvgIpc) is 3.57. The lowest BCUT2D eigenvalue weighted by molar-refractivity contribution is -0.196. The van der Waals surface area contributed by atoms with Crippen LogP contribution in [0.5, 0.6) is 5.75 Å². The van der Waals surface area contributed by atoms with E-state index in [1.54, 1.807) is 18.7 Å². The molecule has 1 aromatic rings. The first-order valence-corrected chi connectivity index (χ1v) is 17.0. The summed E-state index contributed by atoms with van der Waals surface area (Å²) in [5.74, 6) is -13.9. The van der Waals surface area contributed by atoms with Gasteiger partial charge in [-0.1, -0.05) is 19.4 Å². The fraction of sp³-hybridized carbons (Fsp3) is 0.594. The molecule has 2 saturated carbocycles. The molecule has 2 aliphatic heterocycles. The Hall–Kier alpha value is -3.86. The summed E-state index contributed by atoms with van der Waals surface area (Å²) in [6.07, 6.45) is 0.462. The van der Waals surface area contributed by atoms with Crippen LogP contribution in [0.2, 0.25) is 0 Å². The molecule has 11 atom stereocenters. The maximum absolute atomic E-state index is 14.1. The van der Waals surface area contributed by atoms with Crippen molar-refractivity contribution in [3.8, 4) is 5.75 Å². The number of thioether (sulfide) groups is 1. The number of anilines is 1. The molecular weight excluding hydrogens is 646 g/mol. The molecule has 16 heteroatoms. The van der Waals surface area contributed by atoms with Crippen LogP contribution in [-0.4, -0.2) is 116 Å². The number of Topliss-reactive ketones (excluding diaryl/α,β-unsaturated/α-hetero) is 4. The van der Waals surface area contributed by atoms with E-state index in [0.717, 1.165) is 18.6 Å². The molecule has 5 aliphatic rings. The lowest BCUT2D eigenvalue weighted by Crippen LogP contribution is -2.77. The second kappa shape index (κ2) is 12.2. The van der Waals surface area contributed by atoms with E-state index in [-0.39, 0.29) is 46.6 Å². The van der Waals surface area contributed by atoms with E-state index in [2.05, 4.69) is 16.0 Å². The molecule has 4 fully saturated rings. The van der Waals surface area contributed by atoms with E-state index in [1.807, 2.05) is 0 Å². The van der Waals surface area contributed by atoms with E-state index in [9.17, 15) is 48.9 Å². The highest BCUT2D eigenvalue weighted by Gasteiger charge is 2.73. The van der Waals surface area contributed by atoms with Crippen molar-refractivity contribution in [2.24, 2.45) is 29.4 Å². The number of aliphatic hydroxyl groups excluding tert-OH is 1. The number of rotatable bonds is 8. The van der Waals surface area contributed by atoms with Crippen molar-refractivity contribution in [3.05, 3.63) is 23.3 Å². The number of unbranched alkanes of at least 4 members (excludes halogenated alkanes) is 1. The summed E-state index contributed by atoms with van der Waals surface area (Å²) >= 11 is 1.78. The normalized spacial score (nSPS) is 36.9. The van der Waals surface area contributed by atoms with Crippen LogP contribution in [0.15, 0.2) is 12.1 Å². The van der Waals surface area contributed by atoms with Crippen LogP contribution < -0.4 is 21.7 Å². The topological polar surface area (TPSA) is 246 Å². The molecule has 0 aromatic heterocycles. The van der Waals surface area contributed by atoms with Crippen molar-refractivity contribution in [1.82, 2.24) is 15.5 Å². The number of amides is 4. The van der Waals surface area contributed by atoms with Gasteiger partial charge in [0.1, 0.15) is 5.75 Å². The molecule has 2 heterocycles. The van der Waals surface area contributed by atoms with Gasteiger partial charge in [0.05, 0.1) is 47.3 Å². The minimum atomic E-state index is -3.09. The Balaban J connectivity index is 1.21. The molecule has 4 unspecified atom stereocenters. The predicted octanol–water partition coefficient (Wildman–Crippen LogP) is -0.937. The van der Waals surface area contributed by atoms with Crippen molar-refractivity contribution in [2.45, 2.75) is 73.6 Å². The van der Waals surface area contributed by atoms with Gasteiger partial charge in [-0.3, -0.25) is 33.7 Å². The van der Waals surface area contributed by atoms with Crippen LogP contribution >= 0.6 is 11.8 Å². The number of carbonyl (C=O) groups is 7. The third kappa shape index (κ3) is 5.02. The lowest BCUT2D eigenvalue weighted by Gasteiger charge is -2.56. The number of phenolic OH excluding ortho intramolecular Hbond substituents is 1. The number of hydrogen-bond donors (Lipinski definition) is 7. The van der Waals surface area contributed by atoms with Gasteiger partial charge in [0.2, 0.25) is 11.8 Å². The zero-order valence-corrected chi connectivity index (χ0v) is 27.4. The summed E-state index contributed by atoms with van der Waals surface area (Å²) in [5, 5.41) is 43.4. The van der Waals surface area contributed by atoms with Gasteiger partial charge in [-0.25, -0.2) is 4.79 Å². The highest BCUT2D eigenvalue weighted by molar-refractivity contribution is 8.00. The SMILES string of the molecule is C[C@H]1c2ccc(NC(=O)CCCC[C@@H]3SC[C@@H]4NC(=O)N[C@@H]43)c(O)c2C(=O)C2C(=O)[C@]3(O)C(=O)C(C(N)=O)C(=O)[C@@H](N(C)C)C3[C@@H](O)C21. The summed E-state index contributed by atoms with van der Waals surface area (Å²) < 4.78 is 0. The van der Waals surface area contributed by atoms with Crippen molar-refractivity contribution in [2.75, 3.05) is 25.2 Å². The number of urea groups is 1. The fourth-order valence-electron chi connectivity index (χ4n) is 8.58. The number of nitrogens with two attached hydrogens (primary N) is 1. The molecule has 4 amide bonds. The van der Waals surface area contributed by atoms with Crippen molar-refractivity contribution >= 4 is 58.4 Å². The summed E-state index contributed by atoms with van der Waals surface area (Å²) in [7, 11) is 2.85. The summed E-state index contributed by atoms with van der Waals surface area (Å²) in [6.45, 7) is 1.61. The van der Waals surface area contributed by atoms with Crippen molar-refractivity contribution in [3.63, 3.8) is 0 Å². The van der Waals surface area contributed by atoms with Crippen LogP contribution in [0.4, 0.5) is 10.5 Å². The standard InChI is InChI=1S/C32H39N5O10S/c1-11-12-8-9-13(34-16(38)7-5-4-6-15-22-14(10-48-15)35-31(46)36-22)24(39)18(12)25(40)19-17(11)26(41)21-23(37(2)3)27(42)20(30(33)45)29(44)32(21,47)28(19)43/h8-9,11,14-15,17,19-23,26,39,41,47H,4-7,10H2,1-3H3,(H2,33,45)(H,34,38)(H2,35,36,46)/t11-,14-,15-,17?,19?,20?,21?,22-,23-,26-,32-/m0/s1. The number of nitrogens with one attached hydrogen (secondary N) is 3. The van der Waals surface area contributed by atoms with Gasteiger partial charge >= 0.3 is 6.03 Å². The quantitative estimate of drug-likeness (QED) is 0.0759. The van der Waals surface area contributed by atoms with Crippen LogP contribution in [0.1, 0.15) is 54.4 Å². The number of fused-ring (bicyclic) bond motifs is 4. The molecule has 2 saturated heterocycles. The van der Waals surface area contributed by atoms with E-state index >= 15 is 0 Å². The Labute approximate surface area is 279 Å². The average molecular weight is 686 g/mol. The van der Waals surface area contributed by atoms with Gasteiger partial charge in [-0.05, 0) is 44.5 Å². The van der Waals surface area contributed by atoms with Gasteiger partial charge in [-0.15, -0.1) is 0 Å². The first-order chi connectivity index (χ1) is 22.6. The van der Waals surface area contributed by atoms with E-state index in [1.165, 1.54) is 31.1 Å². The number of nitrogens with zero attached hydrogens (tertiary/aromatic N) is 1. The number of aromatic hydroxyl groups is 1. The Bertz CT molecular complexity index is 1630. The zero-order chi connectivity index (χ0) is 35.0. The largest absolute Gasteiger partial charge is 0.505 e. The number of carbonyl (C=O) groups excluding carboxylic acids is 7. The monoisotopic (exact) mass is 685 g/mol. The van der Waals surface area contributed by atoms with E-state index in [4.69, 9.17) is 5.73 Å². The Morgan fingerprint density at radius 1 is 1.10 bits per heavy atom. The zero-order valence-electron chi connectivity index (χ0n) is 26.6. The van der Waals surface area contributed by atoms with Crippen molar-refractivity contribution < 1.29 is 48.9 Å². The summed E-state index contributed by atoms with van der Waals surface area (Å²) in [5.41, 5.74) is 2.17. The lowest BCUT2D eigenvalue weighted by atomic mass is 9.49. The van der Waals surface area contributed by atoms with E-state index in [0.29, 0.717) is 6.42 Å². The van der Waals surface area contributed by atoms with Gasteiger partial charge < -0.3 is 37.0 Å². The number of phenols is 1. The second-order valence-electron chi connectivity index (χ2n) is 13.7. The minimum Gasteiger partial charge on any atom is -0.505 e. The first kappa shape index (κ1) is 34.0. The Morgan fingerprint density at radius 2 is 1.81 bits per heavy atom. The van der Waals surface area contributed by atoms with Gasteiger partial charge in [0.25, 0.3) is 0 Å². The maximum atomic E-state index is 14.1. The molecule has 258 valence electrons. The predicted molar refractivity (Wildman–Crippen MR) is 170 cm³/mol. The highest BCUT2D eigenvalue weighted by atomic mass is 32.2. The number of likely N-dealkylation sites (N-methyl/N-ethyl adjacent to an activating group) is 1. The molecule has 15 nitrogen and oxygen atoms in total. The smallest absolute Gasteiger partial charge is 0.315 e. The van der Waals surface area contributed by atoms with E-state index < -0.39 is 88.0 Å². The molecule has 0 bridgehead atoms. The number of primary amides is 1. The Morgan fingerprint density at radius 3 is 2.48 bits per heavy atom. The van der Waals surface area contributed by atoms with Crippen LogP contribution in [0.25, 0.3) is 0 Å². The third-order valence-corrected chi connectivity index (χ3v) is 12.4. The molecule has 8 N–H and O–H groups in total. The molecule has 0 spiro atoms. The van der Waals surface area contributed by atoms with Crippen LogP contribution in [0.3, 0.4) is 0 Å². The highest BCUT2D eigenvalue weighted by Crippen LogP contribution is 2.55. The molecule has 6 rings (SSSR count). The van der Waals surface area contributed by atoms with Crippen LogP contribution in [-0.2, 0) is 24.0 Å². The fourth-order valence-corrected chi connectivity index (χ4v) is 10.1. The Kier molecular flexibility index (Phi) is 8.67. The molecule has 1 aromatic carbocycles. The van der Waals surface area contributed by atoms with Gasteiger partial charge in [0, 0.05) is 23.3 Å². The molecule has 3 aliphatic carbocycles. The number of aliphatic hydroxyl groups is 2. The number of hydrogen-bond acceptors (Lipinski definition) is 12. The van der Waals surface area contributed by atoms with Crippen LogP contribution in [0, 0.1) is 23.7 Å². The summed E-state index contributed by atoms with van der Waals surface area (Å²) in [4.78, 5) is 92.9. The van der Waals surface area contributed by atoms with Gasteiger partial charge in [-0.2, -0.15) is 11.8 Å². The van der Waals surface area contributed by atoms with Gasteiger partial charge in [0.15, 0.2) is 34.7 Å².